The van der Waals surface area contributed by atoms with Gasteiger partial charge in [-0.1, -0.05) is 0 Å². The van der Waals surface area contributed by atoms with Gasteiger partial charge in [-0.3, -0.25) is 4.79 Å². The molecular formula is C20H25F2IN4O3. The number of carbonyl (C=O) groups is 1. The molecule has 1 aliphatic heterocycles. The van der Waals surface area contributed by atoms with E-state index >= 15 is 0 Å². The molecular weight excluding hydrogens is 509 g/mol. The summed E-state index contributed by atoms with van der Waals surface area (Å²) in [6.45, 7) is 5.68. The van der Waals surface area contributed by atoms with Crippen LogP contribution in [0.5, 0.6) is 5.75 Å². The Balaban J connectivity index is 0.00000320. The van der Waals surface area contributed by atoms with Gasteiger partial charge in [0.25, 0.3) is 5.91 Å². The molecule has 0 unspecified atom stereocenters. The van der Waals surface area contributed by atoms with E-state index in [1.807, 2.05) is 6.92 Å². The zero-order valence-electron chi connectivity index (χ0n) is 16.6. The lowest BCUT2D eigenvalue weighted by atomic mass is 10.3. The largest absolute Gasteiger partial charge is 0.492 e. The molecule has 2 heterocycles. The number of hydrogen-bond donors (Lipinski definition) is 1. The van der Waals surface area contributed by atoms with Gasteiger partial charge in [0.15, 0.2) is 23.4 Å². The summed E-state index contributed by atoms with van der Waals surface area (Å²) in [4.78, 5) is 20.7. The maximum atomic E-state index is 13.2. The number of benzene rings is 1. The van der Waals surface area contributed by atoms with E-state index < -0.39 is 11.6 Å². The molecule has 1 aromatic carbocycles. The van der Waals surface area contributed by atoms with Gasteiger partial charge in [-0.2, -0.15) is 0 Å². The minimum atomic E-state index is -0.943. The molecule has 1 aromatic heterocycles. The van der Waals surface area contributed by atoms with Gasteiger partial charge in [0.1, 0.15) is 12.4 Å². The Morgan fingerprint density at radius 1 is 1.17 bits per heavy atom. The molecule has 164 valence electrons. The molecule has 1 N–H and O–H groups in total. The van der Waals surface area contributed by atoms with Crippen LogP contribution in [0.2, 0.25) is 0 Å². The number of carbonyl (C=O) groups excluding carboxylic acids is 1. The number of hydrogen-bond acceptors (Lipinski definition) is 4. The summed E-state index contributed by atoms with van der Waals surface area (Å²) in [6.07, 6.45) is 1.49. The van der Waals surface area contributed by atoms with Crippen LogP contribution in [0.4, 0.5) is 8.78 Å². The van der Waals surface area contributed by atoms with Gasteiger partial charge in [0.05, 0.1) is 12.8 Å². The highest BCUT2D eigenvalue weighted by molar-refractivity contribution is 14.0. The number of ether oxygens (including phenoxy) is 1. The number of guanidine groups is 1. The average Bonchev–Trinajstić information content (AvgIpc) is 3.27. The van der Waals surface area contributed by atoms with Crippen molar-refractivity contribution < 1.29 is 22.7 Å². The topological polar surface area (TPSA) is 70.3 Å². The third-order valence-corrected chi connectivity index (χ3v) is 4.45. The quantitative estimate of drug-likeness (QED) is 0.267. The van der Waals surface area contributed by atoms with Gasteiger partial charge in [0.2, 0.25) is 0 Å². The summed E-state index contributed by atoms with van der Waals surface area (Å²) in [7, 11) is 0. The highest BCUT2D eigenvalue weighted by atomic mass is 127. The Bertz CT molecular complexity index is 841. The first-order valence-electron chi connectivity index (χ1n) is 9.52. The van der Waals surface area contributed by atoms with Crippen LogP contribution < -0.4 is 10.1 Å². The van der Waals surface area contributed by atoms with Gasteiger partial charge in [0, 0.05) is 38.8 Å². The first-order chi connectivity index (χ1) is 14.1. The van der Waals surface area contributed by atoms with Crippen LogP contribution in [0.15, 0.2) is 46.0 Å². The van der Waals surface area contributed by atoms with Crippen molar-refractivity contribution in [1.29, 1.82) is 0 Å². The van der Waals surface area contributed by atoms with Crippen molar-refractivity contribution in [3.05, 3.63) is 54.0 Å². The van der Waals surface area contributed by atoms with E-state index in [-0.39, 0.29) is 42.2 Å². The monoisotopic (exact) mass is 534 g/mol. The minimum Gasteiger partial charge on any atom is -0.492 e. The summed E-state index contributed by atoms with van der Waals surface area (Å²) in [5.74, 6) is -0.638. The predicted octanol–water partition coefficient (Wildman–Crippen LogP) is 2.98. The Kier molecular flexibility index (Phi) is 9.34. The van der Waals surface area contributed by atoms with Gasteiger partial charge >= 0.3 is 0 Å². The zero-order chi connectivity index (χ0) is 20.6. The SMILES string of the molecule is CCNC(=NCCOc1ccc(F)c(F)c1)N1CCN(C(=O)c2ccco2)CC1.I. The van der Waals surface area contributed by atoms with Crippen molar-refractivity contribution >= 4 is 35.8 Å². The third-order valence-electron chi connectivity index (χ3n) is 4.45. The van der Waals surface area contributed by atoms with Gasteiger partial charge in [-0.25, -0.2) is 13.8 Å². The smallest absolute Gasteiger partial charge is 0.289 e. The van der Waals surface area contributed by atoms with E-state index in [2.05, 4.69) is 15.2 Å². The molecule has 1 saturated heterocycles. The molecule has 0 radical (unpaired) electrons. The van der Waals surface area contributed by atoms with Crippen LogP contribution in [-0.4, -0.2) is 67.5 Å². The molecule has 1 amide bonds. The van der Waals surface area contributed by atoms with Crippen molar-refractivity contribution in [1.82, 2.24) is 15.1 Å². The number of nitrogens with zero attached hydrogens (tertiary/aromatic N) is 3. The number of amides is 1. The Morgan fingerprint density at radius 2 is 1.90 bits per heavy atom. The van der Waals surface area contributed by atoms with E-state index in [1.165, 1.54) is 12.3 Å². The maximum absolute atomic E-state index is 13.2. The molecule has 30 heavy (non-hydrogen) atoms. The highest BCUT2D eigenvalue weighted by Crippen LogP contribution is 2.15. The minimum absolute atomic E-state index is 0. The second-order valence-electron chi connectivity index (χ2n) is 6.42. The first-order valence-corrected chi connectivity index (χ1v) is 9.52. The molecule has 3 rings (SSSR count). The summed E-state index contributed by atoms with van der Waals surface area (Å²) in [6, 6.07) is 6.78. The normalized spacial score (nSPS) is 14.3. The third kappa shape index (κ3) is 6.31. The van der Waals surface area contributed by atoms with Crippen LogP contribution in [-0.2, 0) is 0 Å². The average molecular weight is 534 g/mol. The van der Waals surface area contributed by atoms with Gasteiger partial charge in [-0.05, 0) is 31.2 Å². The van der Waals surface area contributed by atoms with Crippen LogP contribution >= 0.6 is 24.0 Å². The lowest BCUT2D eigenvalue weighted by Gasteiger charge is -2.36. The summed E-state index contributed by atoms with van der Waals surface area (Å²) >= 11 is 0. The Labute approximate surface area is 191 Å². The molecule has 0 saturated carbocycles. The van der Waals surface area contributed by atoms with Crippen molar-refractivity contribution in [3.8, 4) is 5.75 Å². The zero-order valence-corrected chi connectivity index (χ0v) is 19.0. The molecule has 0 aliphatic carbocycles. The van der Waals surface area contributed by atoms with E-state index in [9.17, 15) is 13.6 Å². The highest BCUT2D eigenvalue weighted by Gasteiger charge is 2.25. The summed E-state index contributed by atoms with van der Waals surface area (Å²) < 4.78 is 36.8. The molecule has 1 fully saturated rings. The molecule has 2 aromatic rings. The number of aliphatic imine (C=N–C) groups is 1. The molecule has 0 spiro atoms. The fraction of sp³-hybridized carbons (Fsp3) is 0.400. The molecule has 1 aliphatic rings. The number of piperazine rings is 1. The van der Waals surface area contributed by atoms with Crippen molar-refractivity contribution in [2.75, 3.05) is 45.9 Å². The second kappa shape index (κ2) is 11.7. The predicted molar refractivity (Wildman–Crippen MR) is 119 cm³/mol. The molecule has 10 heteroatoms. The van der Waals surface area contributed by atoms with Crippen LogP contribution in [0.3, 0.4) is 0 Å². The summed E-state index contributed by atoms with van der Waals surface area (Å²) in [5, 5.41) is 3.23. The van der Waals surface area contributed by atoms with E-state index in [0.29, 0.717) is 45.0 Å². The van der Waals surface area contributed by atoms with Crippen LogP contribution in [0.25, 0.3) is 0 Å². The first kappa shape index (κ1) is 23.9. The molecule has 0 atom stereocenters. The number of nitrogens with one attached hydrogen (secondary N) is 1. The fourth-order valence-electron chi connectivity index (χ4n) is 2.98. The van der Waals surface area contributed by atoms with Crippen molar-refractivity contribution in [2.24, 2.45) is 4.99 Å². The van der Waals surface area contributed by atoms with Crippen LogP contribution in [0, 0.1) is 11.6 Å². The maximum Gasteiger partial charge on any atom is 0.289 e. The number of furan rings is 1. The van der Waals surface area contributed by atoms with Crippen molar-refractivity contribution in [3.63, 3.8) is 0 Å². The second-order valence-corrected chi connectivity index (χ2v) is 6.42. The number of halogens is 3. The Morgan fingerprint density at radius 3 is 2.53 bits per heavy atom. The number of rotatable bonds is 6. The van der Waals surface area contributed by atoms with E-state index in [1.54, 1.807) is 17.0 Å². The van der Waals surface area contributed by atoms with Gasteiger partial charge in [-0.15, -0.1) is 24.0 Å². The van der Waals surface area contributed by atoms with Crippen LogP contribution in [0.1, 0.15) is 17.5 Å². The fourth-order valence-corrected chi connectivity index (χ4v) is 2.98. The van der Waals surface area contributed by atoms with E-state index in [4.69, 9.17) is 9.15 Å². The standard InChI is InChI=1S/C20H24F2N4O3.HI/c1-2-23-20(24-7-13-28-15-5-6-16(21)17(22)14-15)26-10-8-25(9-11-26)19(27)18-4-3-12-29-18;/h3-6,12,14H,2,7-11,13H2,1H3,(H,23,24);1H. The lowest BCUT2D eigenvalue weighted by molar-refractivity contribution is 0.0657. The molecule has 0 bridgehead atoms. The molecule has 7 nitrogen and oxygen atoms in total. The van der Waals surface area contributed by atoms with E-state index in [0.717, 1.165) is 18.1 Å². The lowest BCUT2D eigenvalue weighted by Crippen LogP contribution is -2.53. The Hall–Kier alpha value is -2.37. The van der Waals surface area contributed by atoms with Crippen molar-refractivity contribution in [2.45, 2.75) is 6.92 Å². The van der Waals surface area contributed by atoms with Gasteiger partial charge < -0.3 is 24.3 Å². The summed E-state index contributed by atoms with van der Waals surface area (Å²) in [5.41, 5.74) is 0.